The summed E-state index contributed by atoms with van der Waals surface area (Å²) in [5.41, 5.74) is 2.59. The highest BCUT2D eigenvalue weighted by Gasteiger charge is 1.94. The molecule has 0 spiro atoms. The van der Waals surface area contributed by atoms with Gasteiger partial charge in [0.1, 0.15) is 12.1 Å². The van der Waals surface area contributed by atoms with E-state index in [2.05, 4.69) is 4.99 Å². The smallest absolute Gasteiger partial charge is 0.119 e. The van der Waals surface area contributed by atoms with E-state index >= 15 is 0 Å². The molecule has 0 aliphatic heterocycles. The first-order valence-corrected chi connectivity index (χ1v) is 5.59. The van der Waals surface area contributed by atoms with E-state index in [1.165, 1.54) is 6.34 Å². The first-order chi connectivity index (χ1) is 8.36. The zero-order chi connectivity index (χ0) is 12.3. The summed E-state index contributed by atoms with van der Waals surface area (Å²) in [6.07, 6.45) is 2.08. The van der Waals surface area contributed by atoms with E-state index < -0.39 is 0 Å². The van der Waals surface area contributed by atoms with Crippen molar-refractivity contribution in [2.45, 2.75) is 13.3 Å². The third-order valence-corrected chi connectivity index (χ3v) is 2.01. The maximum atomic E-state index is 8.33. The molecule has 0 radical (unpaired) electrons. The number of rotatable bonds is 8. The van der Waals surface area contributed by atoms with Gasteiger partial charge >= 0.3 is 0 Å². The summed E-state index contributed by atoms with van der Waals surface area (Å²) >= 11 is 0. The molecule has 2 N–H and O–H groups in total. The van der Waals surface area contributed by atoms with Crippen LogP contribution in [0, 0.1) is 0 Å². The van der Waals surface area contributed by atoms with E-state index in [4.69, 9.17) is 14.7 Å². The van der Waals surface area contributed by atoms with Crippen molar-refractivity contribution in [3.63, 3.8) is 0 Å². The van der Waals surface area contributed by atoms with E-state index in [0.29, 0.717) is 6.61 Å². The van der Waals surface area contributed by atoms with Crippen molar-refractivity contribution in [2.75, 3.05) is 19.8 Å². The van der Waals surface area contributed by atoms with Gasteiger partial charge in [-0.05, 0) is 31.2 Å². The molecular formula is C12H18N2O3. The van der Waals surface area contributed by atoms with Crippen LogP contribution in [-0.4, -0.2) is 31.4 Å². The molecule has 17 heavy (non-hydrogen) atoms. The average Bonchev–Trinajstić information content (AvgIpc) is 2.37. The van der Waals surface area contributed by atoms with Crippen LogP contribution in [0.2, 0.25) is 0 Å². The molecule has 0 saturated heterocycles. The summed E-state index contributed by atoms with van der Waals surface area (Å²) in [7, 11) is 0. The van der Waals surface area contributed by atoms with Crippen LogP contribution >= 0.6 is 0 Å². The number of hydrogen-bond acceptors (Lipinski definition) is 4. The van der Waals surface area contributed by atoms with E-state index in [1.807, 2.05) is 36.7 Å². The SMILES string of the molecule is CCOCCCOc1ccc(N=CNO)cc1. The van der Waals surface area contributed by atoms with Crippen molar-refractivity contribution in [2.24, 2.45) is 4.99 Å². The number of nitrogens with zero attached hydrogens (tertiary/aromatic N) is 1. The molecule has 0 aromatic heterocycles. The lowest BCUT2D eigenvalue weighted by atomic mass is 10.3. The molecule has 0 bridgehead atoms. The van der Waals surface area contributed by atoms with Crippen LogP contribution in [0.25, 0.3) is 0 Å². The normalized spacial score (nSPS) is 10.7. The van der Waals surface area contributed by atoms with Crippen molar-refractivity contribution in [3.8, 4) is 5.75 Å². The zero-order valence-corrected chi connectivity index (χ0v) is 9.93. The van der Waals surface area contributed by atoms with E-state index in [9.17, 15) is 0 Å². The number of aliphatic imine (C=N–C) groups is 1. The van der Waals surface area contributed by atoms with Crippen LogP contribution < -0.4 is 10.2 Å². The van der Waals surface area contributed by atoms with Crippen LogP contribution in [0.3, 0.4) is 0 Å². The summed E-state index contributed by atoms with van der Waals surface area (Å²) in [6.45, 7) is 4.08. The summed E-state index contributed by atoms with van der Waals surface area (Å²) in [6, 6.07) is 7.30. The van der Waals surface area contributed by atoms with E-state index in [1.54, 1.807) is 0 Å². The summed E-state index contributed by atoms with van der Waals surface area (Å²) < 4.78 is 10.7. The van der Waals surface area contributed by atoms with Gasteiger partial charge in [-0.2, -0.15) is 0 Å². The van der Waals surface area contributed by atoms with Crippen LogP contribution in [-0.2, 0) is 4.74 Å². The van der Waals surface area contributed by atoms with Gasteiger partial charge in [-0.15, -0.1) is 0 Å². The van der Waals surface area contributed by atoms with Crippen molar-refractivity contribution in [1.29, 1.82) is 0 Å². The van der Waals surface area contributed by atoms with Crippen LogP contribution in [0.15, 0.2) is 29.3 Å². The number of benzene rings is 1. The first kappa shape index (κ1) is 13.5. The van der Waals surface area contributed by atoms with Crippen molar-refractivity contribution < 1.29 is 14.7 Å². The zero-order valence-electron chi connectivity index (χ0n) is 9.93. The second kappa shape index (κ2) is 8.55. The lowest BCUT2D eigenvalue weighted by Gasteiger charge is -2.06. The Bertz CT molecular complexity index is 325. The van der Waals surface area contributed by atoms with Gasteiger partial charge in [0, 0.05) is 19.6 Å². The summed E-state index contributed by atoms with van der Waals surface area (Å²) in [5, 5.41) is 8.33. The molecule has 0 aliphatic rings. The Morgan fingerprint density at radius 1 is 1.29 bits per heavy atom. The van der Waals surface area contributed by atoms with Gasteiger partial charge in [0.25, 0.3) is 0 Å². The fourth-order valence-electron chi connectivity index (χ4n) is 1.23. The molecule has 5 nitrogen and oxygen atoms in total. The van der Waals surface area contributed by atoms with Gasteiger partial charge in [0.15, 0.2) is 0 Å². The molecular weight excluding hydrogens is 220 g/mol. The fourth-order valence-corrected chi connectivity index (χ4v) is 1.23. The van der Waals surface area contributed by atoms with Gasteiger partial charge in [-0.25, -0.2) is 4.99 Å². The monoisotopic (exact) mass is 238 g/mol. The number of hydroxylamine groups is 1. The van der Waals surface area contributed by atoms with E-state index in [0.717, 1.165) is 31.1 Å². The summed E-state index contributed by atoms with van der Waals surface area (Å²) in [4.78, 5) is 3.92. The molecule has 5 heteroatoms. The Hall–Kier alpha value is -1.59. The van der Waals surface area contributed by atoms with Gasteiger partial charge in [-0.1, -0.05) is 0 Å². The predicted molar refractivity (Wildman–Crippen MR) is 66.1 cm³/mol. The number of nitrogens with one attached hydrogen (secondary N) is 1. The van der Waals surface area contributed by atoms with Crippen molar-refractivity contribution in [1.82, 2.24) is 5.48 Å². The minimum Gasteiger partial charge on any atom is -0.494 e. The summed E-state index contributed by atoms with van der Waals surface area (Å²) in [5.74, 6) is 0.803. The molecule has 0 heterocycles. The minimum atomic E-state index is 0.640. The molecule has 0 saturated carbocycles. The van der Waals surface area contributed by atoms with E-state index in [-0.39, 0.29) is 0 Å². The Morgan fingerprint density at radius 2 is 2.06 bits per heavy atom. The highest BCUT2D eigenvalue weighted by Crippen LogP contribution is 2.17. The van der Waals surface area contributed by atoms with Crippen LogP contribution in [0.5, 0.6) is 5.75 Å². The topological polar surface area (TPSA) is 63.1 Å². The lowest BCUT2D eigenvalue weighted by molar-refractivity contribution is 0.131. The standard InChI is InChI=1S/C12H18N2O3/c1-2-16-8-3-9-17-12-6-4-11(5-7-12)13-10-14-15/h4-7,10,15H,2-3,8-9H2,1H3,(H,13,14). The first-order valence-electron chi connectivity index (χ1n) is 5.59. The predicted octanol–water partition coefficient (Wildman–Crippen LogP) is 2.13. The van der Waals surface area contributed by atoms with Gasteiger partial charge in [0.2, 0.25) is 0 Å². The highest BCUT2D eigenvalue weighted by molar-refractivity contribution is 5.59. The molecule has 0 atom stereocenters. The van der Waals surface area contributed by atoms with Gasteiger partial charge < -0.3 is 9.47 Å². The number of hydrogen-bond donors (Lipinski definition) is 2. The fraction of sp³-hybridized carbons (Fsp3) is 0.417. The molecule has 0 amide bonds. The van der Waals surface area contributed by atoms with Gasteiger partial charge in [-0.3, -0.25) is 10.7 Å². The Balaban J connectivity index is 2.28. The quantitative estimate of drug-likeness (QED) is 0.315. The molecule has 1 aromatic carbocycles. The third kappa shape index (κ3) is 5.89. The molecule has 0 aliphatic carbocycles. The average molecular weight is 238 g/mol. The maximum absolute atomic E-state index is 8.33. The largest absolute Gasteiger partial charge is 0.494 e. The second-order valence-corrected chi connectivity index (χ2v) is 3.28. The van der Waals surface area contributed by atoms with Crippen LogP contribution in [0.1, 0.15) is 13.3 Å². The minimum absolute atomic E-state index is 0.640. The highest BCUT2D eigenvalue weighted by atomic mass is 16.5. The Kier molecular flexibility index (Phi) is 6.78. The molecule has 0 unspecified atom stereocenters. The molecule has 1 rings (SSSR count). The Labute approximate surface area is 101 Å². The third-order valence-electron chi connectivity index (χ3n) is 2.01. The maximum Gasteiger partial charge on any atom is 0.119 e. The molecule has 1 aromatic rings. The Morgan fingerprint density at radius 3 is 2.71 bits per heavy atom. The van der Waals surface area contributed by atoms with Crippen molar-refractivity contribution >= 4 is 12.0 Å². The van der Waals surface area contributed by atoms with Gasteiger partial charge in [0.05, 0.1) is 12.3 Å². The lowest BCUT2D eigenvalue weighted by Crippen LogP contribution is -2.02. The van der Waals surface area contributed by atoms with Crippen LogP contribution in [0.4, 0.5) is 5.69 Å². The molecule has 94 valence electrons. The van der Waals surface area contributed by atoms with Crippen molar-refractivity contribution in [3.05, 3.63) is 24.3 Å². The molecule has 0 fully saturated rings. The number of ether oxygens (including phenoxy) is 2. The second-order valence-electron chi connectivity index (χ2n) is 3.28.